The fourth-order valence-corrected chi connectivity index (χ4v) is 2.06. The summed E-state index contributed by atoms with van der Waals surface area (Å²) < 4.78 is 1.62. The van der Waals surface area contributed by atoms with Crippen molar-refractivity contribution in [2.45, 2.75) is 6.92 Å². The molecule has 0 saturated carbocycles. The highest BCUT2D eigenvalue weighted by atomic mass is 16.6. The molecule has 2 heterocycles. The fourth-order valence-electron chi connectivity index (χ4n) is 2.06. The van der Waals surface area contributed by atoms with E-state index in [2.05, 4.69) is 10.1 Å². The highest BCUT2D eigenvalue weighted by Gasteiger charge is 2.17. The van der Waals surface area contributed by atoms with Gasteiger partial charge >= 0.3 is 0 Å². The van der Waals surface area contributed by atoms with E-state index in [0.29, 0.717) is 16.9 Å². The molecule has 2 aromatic heterocycles. The van der Waals surface area contributed by atoms with Gasteiger partial charge in [0.25, 0.3) is 5.69 Å². The summed E-state index contributed by atoms with van der Waals surface area (Å²) in [5, 5.41) is 15.4. The van der Waals surface area contributed by atoms with E-state index in [9.17, 15) is 10.1 Å². The predicted molar refractivity (Wildman–Crippen MR) is 69.8 cm³/mol. The lowest BCUT2D eigenvalue weighted by Crippen LogP contribution is -1.98. The van der Waals surface area contributed by atoms with Gasteiger partial charge in [-0.05, 0) is 19.1 Å². The van der Waals surface area contributed by atoms with E-state index in [4.69, 9.17) is 0 Å². The molecule has 1 aromatic carbocycles. The normalized spacial score (nSPS) is 10.8. The molecule has 0 atom stereocenters. The number of nitrogens with zero attached hydrogens (tertiary/aromatic N) is 4. The summed E-state index contributed by atoms with van der Waals surface area (Å²) >= 11 is 0. The molecule has 0 fully saturated rings. The number of rotatable bonds is 2. The number of benzene rings is 1. The van der Waals surface area contributed by atoms with Crippen LogP contribution in [0.3, 0.4) is 0 Å². The molecule has 3 aromatic rings. The first-order valence-electron chi connectivity index (χ1n) is 5.72. The molecule has 0 aliphatic rings. The molecule has 94 valence electrons. The molecule has 0 N–H and O–H groups in total. The van der Waals surface area contributed by atoms with Gasteiger partial charge in [0, 0.05) is 18.3 Å². The SMILES string of the molecule is Cc1cc2nccc(-c3ccccc3[N+](=O)[O-])n2n1. The zero-order valence-electron chi connectivity index (χ0n) is 10.1. The average Bonchev–Trinajstić information content (AvgIpc) is 2.78. The Balaban J connectivity index is 2.33. The van der Waals surface area contributed by atoms with E-state index in [-0.39, 0.29) is 5.69 Å². The minimum absolute atomic E-state index is 0.0585. The van der Waals surface area contributed by atoms with Crippen molar-refractivity contribution in [2.24, 2.45) is 0 Å². The first-order chi connectivity index (χ1) is 9.16. The van der Waals surface area contributed by atoms with Crippen LogP contribution in [0.25, 0.3) is 16.9 Å². The quantitative estimate of drug-likeness (QED) is 0.520. The second-order valence-electron chi connectivity index (χ2n) is 4.16. The average molecular weight is 254 g/mol. The van der Waals surface area contributed by atoms with Crippen LogP contribution >= 0.6 is 0 Å². The van der Waals surface area contributed by atoms with Crippen LogP contribution in [0.1, 0.15) is 5.69 Å². The van der Waals surface area contributed by atoms with Crippen molar-refractivity contribution in [1.29, 1.82) is 0 Å². The minimum atomic E-state index is -0.391. The molecule has 6 heteroatoms. The number of nitro groups is 1. The molecule has 0 aliphatic heterocycles. The van der Waals surface area contributed by atoms with Gasteiger partial charge in [0.05, 0.1) is 21.9 Å². The standard InChI is InChI=1S/C13H10N4O2/c1-9-8-13-14-7-6-11(16(13)15-9)10-4-2-3-5-12(10)17(18)19/h2-8H,1H3. The second kappa shape index (κ2) is 4.16. The minimum Gasteiger partial charge on any atom is -0.258 e. The number of fused-ring (bicyclic) bond motifs is 1. The molecule has 0 amide bonds. The van der Waals surface area contributed by atoms with E-state index in [0.717, 1.165) is 5.69 Å². The maximum absolute atomic E-state index is 11.1. The molecule has 0 aliphatic carbocycles. The predicted octanol–water partition coefficient (Wildman–Crippen LogP) is 2.61. The zero-order valence-corrected chi connectivity index (χ0v) is 10.1. The first kappa shape index (κ1) is 11.3. The summed E-state index contributed by atoms with van der Waals surface area (Å²) in [5.74, 6) is 0. The van der Waals surface area contributed by atoms with Crippen LogP contribution < -0.4 is 0 Å². The van der Waals surface area contributed by atoms with Crippen LogP contribution in [-0.2, 0) is 0 Å². The Morgan fingerprint density at radius 1 is 1.26 bits per heavy atom. The number of aryl methyl sites for hydroxylation is 1. The van der Waals surface area contributed by atoms with Gasteiger partial charge in [-0.2, -0.15) is 5.10 Å². The summed E-state index contributed by atoms with van der Waals surface area (Å²) in [7, 11) is 0. The Hall–Kier alpha value is -2.76. The van der Waals surface area contributed by atoms with Crippen LogP contribution in [-0.4, -0.2) is 19.5 Å². The molecule has 0 unspecified atom stereocenters. The van der Waals surface area contributed by atoms with E-state index >= 15 is 0 Å². The van der Waals surface area contributed by atoms with Crippen molar-refractivity contribution in [2.75, 3.05) is 0 Å². The van der Waals surface area contributed by atoms with Crippen molar-refractivity contribution in [3.63, 3.8) is 0 Å². The number of hydrogen-bond acceptors (Lipinski definition) is 4. The van der Waals surface area contributed by atoms with Gasteiger partial charge in [0.15, 0.2) is 5.65 Å². The third kappa shape index (κ3) is 1.83. The lowest BCUT2D eigenvalue weighted by molar-refractivity contribution is -0.384. The van der Waals surface area contributed by atoms with E-state index in [1.54, 1.807) is 35.0 Å². The van der Waals surface area contributed by atoms with Crippen LogP contribution in [0.4, 0.5) is 5.69 Å². The molecule has 0 radical (unpaired) electrons. The monoisotopic (exact) mass is 254 g/mol. The van der Waals surface area contributed by atoms with Crippen molar-refractivity contribution in [3.8, 4) is 11.3 Å². The van der Waals surface area contributed by atoms with Crippen molar-refractivity contribution >= 4 is 11.3 Å². The number of hydrogen-bond donors (Lipinski definition) is 0. The van der Waals surface area contributed by atoms with Gasteiger partial charge in [0.1, 0.15) is 0 Å². The van der Waals surface area contributed by atoms with E-state index in [1.165, 1.54) is 6.07 Å². The Morgan fingerprint density at radius 3 is 2.84 bits per heavy atom. The van der Waals surface area contributed by atoms with E-state index in [1.807, 2.05) is 13.0 Å². The van der Waals surface area contributed by atoms with Gasteiger partial charge < -0.3 is 0 Å². The number of para-hydroxylation sites is 1. The lowest BCUT2D eigenvalue weighted by Gasteiger charge is -2.05. The molecule has 0 spiro atoms. The molecular formula is C13H10N4O2. The summed E-state index contributed by atoms with van der Waals surface area (Å²) in [6.45, 7) is 1.86. The molecule has 0 bridgehead atoms. The third-order valence-corrected chi connectivity index (χ3v) is 2.86. The highest BCUT2D eigenvalue weighted by molar-refractivity contribution is 5.72. The van der Waals surface area contributed by atoms with Gasteiger partial charge in [-0.15, -0.1) is 0 Å². The van der Waals surface area contributed by atoms with Crippen molar-refractivity contribution < 1.29 is 4.92 Å². The van der Waals surface area contributed by atoms with Crippen LogP contribution in [0.2, 0.25) is 0 Å². The number of nitro benzene ring substituents is 1. The Kier molecular flexibility index (Phi) is 2.49. The van der Waals surface area contributed by atoms with E-state index < -0.39 is 4.92 Å². The lowest BCUT2D eigenvalue weighted by atomic mass is 10.1. The van der Waals surface area contributed by atoms with Crippen LogP contribution in [0.5, 0.6) is 0 Å². The fraction of sp³-hybridized carbons (Fsp3) is 0.0769. The summed E-state index contributed by atoms with van der Waals surface area (Å²) in [4.78, 5) is 14.9. The van der Waals surface area contributed by atoms with Crippen molar-refractivity contribution in [1.82, 2.24) is 14.6 Å². The van der Waals surface area contributed by atoms with Gasteiger partial charge in [-0.25, -0.2) is 9.50 Å². The number of aromatic nitrogens is 3. The van der Waals surface area contributed by atoms with Crippen LogP contribution in [0.15, 0.2) is 42.6 Å². The summed E-state index contributed by atoms with van der Waals surface area (Å²) in [6.07, 6.45) is 1.63. The first-order valence-corrected chi connectivity index (χ1v) is 5.72. The third-order valence-electron chi connectivity index (χ3n) is 2.86. The highest BCUT2D eigenvalue weighted by Crippen LogP contribution is 2.29. The van der Waals surface area contributed by atoms with Gasteiger partial charge in [0.2, 0.25) is 0 Å². The second-order valence-corrected chi connectivity index (χ2v) is 4.16. The van der Waals surface area contributed by atoms with Crippen molar-refractivity contribution in [3.05, 3.63) is 58.4 Å². The Labute approximate surface area is 108 Å². The van der Waals surface area contributed by atoms with Gasteiger partial charge in [-0.3, -0.25) is 10.1 Å². The van der Waals surface area contributed by atoms with Gasteiger partial charge in [-0.1, -0.05) is 12.1 Å². The largest absolute Gasteiger partial charge is 0.278 e. The van der Waals surface area contributed by atoms with Crippen LogP contribution in [0, 0.1) is 17.0 Å². The molecule has 0 saturated heterocycles. The smallest absolute Gasteiger partial charge is 0.258 e. The maximum atomic E-state index is 11.1. The topological polar surface area (TPSA) is 73.3 Å². The Morgan fingerprint density at radius 2 is 2.05 bits per heavy atom. The Bertz CT molecular complexity index is 779. The molecule has 19 heavy (non-hydrogen) atoms. The summed E-state index contributed by atoms with van der Waals surface area (Å²) in [6, 6.07) is 10.2. The molecular weight excluding hydrogens is 244 g/mol. The molecule has 6 nitrogen and oxygen atoms in total. The molecule has 3 rings (SSSR count). The zero-order chi connectivity index (χ0) is 13.4. The summed E-state index contributed by atoms with van der Waals surface area (Å²) in [5.41, 5.74) is 2.74. The maximum Gasteiger partial charge on any atom is 0.278 e.